The molecular weight excluding hydrogens is 372 g/mol. The minimum absolute atomic E-state index is 0.261. The molecule has 3 amide bonds. The summed E-state index contributed by atoms with van der Waals surface area (Å²) in [5.74, 6) is -0.261. The smallest absolute Gasteiger partial charge is 0.334 e. The summed E-state index contributed by atoms with van der Waals surface area (Å²) in [5.41, 5.74) is 9.18. The second kappa shape index (κ2) is 6.52. The highest BCUT2D eigenvalue weighted by Gasteiger charge is 2.38. The van der Waals surface area contributed by atoms with Crippen LogP contribution < -0.4 is 10.7 Å². The van der Waals surface area contributed by atoms with E-state index in [0.717, 1.165) is 16.8 Å². The van der Waals surface area contributed by atoms with E-state index in [2.05, 4.69) is 20.9 Å². The number of hydrogen-bond acceptors (Lipinski definition) is 2. The van der Waals surface area contributed by atoms with Gasteiger partial charge < -0.3 is 10.7 Å². The first-order valence-electron chi connectivity index (χ1n) is 7.47. The van der Waals surface area contributed by atoms with Gasteiger partial charge in [-0.05, 0) is 30.7 Å². The van der Waals surface area contributed by atoms with Gasteiger partial charge in [0.1, 0.15) is 0 Å². The van der Waals surface area contributed by atoms with Crippen molar-refractivity contribution >= 4 is 44.7 Å². The molecule has 1 aliphatic heterocycles. The van der Waals surface area contributed by atoms with Crippen molar-refractivity contribution in [3.8, 4) is 0 Å². The Morgan fingerprint density at radius 3 is 2.67 bits per heavy atom. The number of primary amides is 1. The number of anilines is 1. The third kappa shape index (κ3) is 2.60. The lowest BCUT2D eigenvalue weighted by Crippen LogP contribution is -2.51. The van der Waals surface area contributed by atoms with E-state index in [1.165, 1.54) is 10.0 Å². The average Bonchev–Trinajstić information content (AvgIpc) is 3.18. The quantitative estimate of drug-likeness (QED) is 0.623. The maximum atomic E-state index is 13.1. The number of fused-ring (bicyclic) bond motifs is 1. The normalized spacial score (nSPS) is 15.4. The van der Waals surface area contributed by atoms with Gasteiger partial charge in [0.05, 0.1) is 17.8 Å². The largest absolute Gasteiger partial charge is 0.361 e. The summed E-state index contributed by atoms with van der Waals surface area (Å²) in [7, 11) is 0. The molecule has 0 spiro atoms. The van der Waals surface area contributed by atoms with Crippen molar-refractivity contribution in [2.45, 2.75) is 6.92 Å². The first kappa shape index (κ1) is 16.3. The van der Waals surface area contributed by atoms with Crippen LogP contribution in [0.3, 0.4) is 0 Å². The second-order valence-corrected chi connectivity index (χ2v) is 6.16. The number of benzene rings is 1. The molecule has 3 rings (SSSR count). The fourth-order valence-electron chi connectivity index (χ4n) is 2.89. The number of halogens is 1. The maximum Gasteiger partial charge on any atom is 0.334 e. The monoisotopic (exact) mass is 388 g/mol. The van der Waals surface area contributed by atoms with Crippen LogP contribution in [0.5, 0.6) is 0 Å². The molecule has 0 saturated heterocycles. The summed E-state index contributed by atoms with van der Waals surface area (Å²) in [6.07, 6.45) is 1.81. The molecule has 6 nitrogen and oxygen atoms in total. The molecule has 124 valence electrons. The molecule has 2 heterocycles. The molecule has 0 aliphatic carbocycles. The van der Waals surface area contributed by atoms with E-state index < -0.39 is 6.03 Å². The van der Waals surface area contributed by atoms with Gasteiger partial charge in [-0.1, -0.05) is 34.1 Å². The number of aromatic amines is 1. The van der Waals surface area contributed by atoms with E-state index in [4.69, 9.17) is 5.73 Å². The maximum absolute atomic E-state index is 13.1. The number of nitrogens with two attached hydrogens (primary N) is 1. The summed E-state index contributed by atoms with van der Waals surface area (Å²) in [5, 5.41) is 3.13. The number of hydrazine groups is 1. The standard InChI is InChI=1S/C17H17BrN4O2/c1-11(13-6-4-9-20-13)15-12-5-2-3-7-14(12)22(16(15)23)21(10-8-18)17(19)24/h2-7,9,20H,8,10H2,1H3,(H2,19,24). The van der Waals surface area contributed by atoms with E-state index in [0.29, 0.717) is 23.1 Å². The molecule has 0 saturated carbocycles. The Bertz CT molecular complexity index is 814. The van der Waals surface area contributed by atoms with Crippen LogP contribution in [0.2, 0.25) is 0 Å². The highest BCUT2D eigenvalue weighted by Crippen LogP contribution is 2.41. The van der Waals surface area contributed by atoms with Crippen LogP contribution in [-0.2, 0) is 4.79 Å². The fraction of sp³-hybridized carbons (Fsp3) is 0.176. The Labute approximate surface area is 148 Å². The Balaban J connectivity index is 2.17. The van der Waals surface area contributed by atoms with E-state index >= 15 is 0 Å². The SMILES string of the molecule is CC(=C1C(=O)N(N(CCBr)C(N)=O)c2ccccc21)c1ccc[nH]1. The number of alkyl halides is 1. The molecular formula is C17H17BrN4O2. The molecule has 1 aromatic carbocycles. The summed E-state index contributed by atoms with van der Waals surface area (Å²) in [4.78, 5) is 28.1. The lowest BCUT2D eigenvalue weighted by molar-refractivity contribution is -0.115. The van der Waals surface area contributed by atoms with Crippen LogP contribution >= 0.6 is 15.9 Å². The van der Waals surface area contributed by atoms with Gasteiger partial charge in [0.2, 0.25) is 0 Å². The third-order valence-electron chi connectivity index (χ3n) is 3.98. The molecule has 0 unspecified atom stereocenters. The van der Waals surface area contributed by atoms with Gasteiger partial charge in [-0.2, -0.15) is 0 Å². The van der Waals surface area contributed by atoms with Crippen molar-refractivity contribution in [1.29, 1.82) is 0 Å². The van der Waals surface area contributed by atoms with Gasteiger partial charge >= 0.3 is 6.03 Å². The Hall–Kier alpha value is -2.54. The number of allylic oxidation sites excluding steroid dienone is 1. The van der Waals surface area contributed by atoms with Crippen molar-refractivity contribution in [2.24, 2.45) is 5.73 Å². The molecule has 0 fully saturated rings. The highest BCUT2D eigenvalue weighted by molar-refractivity contribution is 9.09. The predicted molar refractivity (Wildman–Crippen MR) is 97.3 cm³/mol. The zero-order chi connectivity index (χ0) is 17.3. The first-order chi connectivity index (χ1) is 11.6. The summed E-state index contributed by atoms with van der Waals surface area (Å²) >= 11 is 3.30. The number of urea groups is 1. The number of hydrogen-bond donors (Lipinski definition) is 2. The molecule has 0 radical (unpaired) electrons. The second-order valence-electron chi connectivity index (χ2n) is 5.37. The Kier molecular flexibility index (Phi) is 4.44. The fourth-order valence-corrected chi connectivity index (χ4v) is 3.23. The number of carbonyl (C=O) groups is 2. The van der Waals surface area contributed by atoms with Gasteiger partial charge in [-0.15, -0.1) is 0 Å². The number of carbonyl (C=O) groups excluding carboxylic acids is 2. The molecule has 7 heteroatoms. The van der Waals surface area contributed by atoms with Crippen LogP contribution in [0.1, 0.15) is 18.2 Å². The van der Waals surface area contributed by atoms with Crippen molar-refractivity contribution in [3.63, 3.8) is 0 Å². The molecule has 0 bridgehead atoms. The highest BCUT2D eigenvalue weighted by atomic mass is 79.9. The van der Waals surface area contributed by atoms with Crippen LogP contribution in [0.4, 0.5) is 10.5 Å². The van der Waals surface area contributed by atoms with E-state index in [1.807, 2.05) is 49.5 Å². The van der Waals surface area contributed by atoms with Crippen LogP contribution in [0.25, 0.3) is 11.1 Å². The summed E-state index contributed by atoms with van der Waals surface area (Å²) in [6, 6.07) is 10.5. The molecule has 3 N–H and O–H groups in total. The van der Waals surface area contributed by atoms with Crippen LogP contribution in [0.15, 0.2) is 42.6 Å². The number of nitrogens with zero attached hydrogens (tertiary/aromatic N) is 2. The van der Waals surface area contributed by atoms with Gasteiger partial charge in [0.25, 0.3) is 5.91 Å². The lowest BCUT2D eigenvalue weighted by atomic mass is 10.0. The summed E-state index contributed by atoms with van der Waals surface area (Å²) in [6.45, 7) is 2.18. The van der Waals surface area contributed by atoms with Crippen molar-refractivity contribution in [2.75, 3.05) is 16.9 Å². The number of para-hydroxylation sites is 1. The molecule has 0 atom stereocenters. The van der Waals surface area contributed by atoms with E-state index in [-0.39, 0.29) is 5.91 Å². The predicted octanol–water partition coefficient (Wildman–Crippen LogP) is 2.98. The minimum Gasteiger partial charge on any atom is -0.361 e. The first-order valence-corrected chi connectivity index (χ1v) is 8.59. The zero-order valence-electron chi connectivity index (χ0n) is 13.1. The van der Waals surface area contributed by atoms with E-state index in [1.54, 1.807) is 0 Å². The van der Waals surface area contributed by atoms with Gasteiger partial charge in [0.15, 0.2) is 0 Å². The minimum atomic E-state index is -0.670. The van der Waals surface area contributed by atoms with Gasteiger partial charge in [-0.3, -0.25) is 4.79 Å². The topological polar surface area (TPSA) is 82.4 Å². The average molecular weight is 389 g/mol. The molecule has 1 aliphatic rings. The Morgan fingerprint density at radius 2 is 2.04 bits per heavy atom. The number of nitrogens with one attached hydrogen (secondary N) is 1. The van der Waals surface area contributed by atoms with Crippen LogP contribution in [0, 0.1) is 0 Å². The lowest BCUT2D eigenvalue weighted by Gasteiger charge is -2.29. The van der Waals surface area contributed by atoms with Crippen LogP contribution in [-0.4, -0.2) is 33.8 Å². The number of amides is 3. The van der Waals surface area contributed by atoms with Gasteiger partial charge in [0, 0.05) is 22.8 Å². The number of rotatable bonds is 4. The number of aromatic nitrogens is 1. The molecule has 24 heavy (non-hydrogen) atoms. The van der Waals surface area contributed by atoms with Crippen molar-refractivity contribution in [3.05, 3.63) is 53.9 Å². The third-order valence-corrected chi connectivity index (χ3v) is 4.33. The Morgan fingerprint density at radius 1 is 1.29 bits per heavy atom. The van der Waals surface area contributed by atoms with E-state index in [9.17, 15) is 9.59 Å². The molecule has 1 aromatic heterocycles. The van der Waals surface area contributed by atoms with Crippen molar-refractivity contribution < 1.29 is 9.59 Å². The van der Waals surface area contributed by atoms with Crippen molar-refractivity contribution in [1.82, 2.24) is 9.99 Å². The summed E-state index contributed by atoms with van der Waals surface area (Å²) < 4.78 is 0. The number of H-pyrrole nitrogens is 1. The zero-order valence-corrected chi connectivity index (χ0v) is 14.7. The van der Waals surface area contributed by atoms with Gasteiger partial charge in [-0.25, -0.2) is 14.8 Å². The molecule has 2 aromatic rings.